The first-order chi connectivity index (χ1) is 7.63. The maximum absolute atomic E-state index is 10.9. The van der Waals surface area contributed by atoms with Gasteiger partial charge in [0.05, 0.1) is 0 Å². The number of hydrogen-bond acceptors (Lipinski definition) is 3. The number of hydrogen-bond donors (Lipinski definition) is 0. The molecule has 1 aromatic carbocycles. The fourth-order valence-electron chi connectivity index (χ4n) is 1.19. The first kappa shape index (κ1) is 12.1. The standard InChI is InChI=1S/C12H13NO3/c1-9(2)10-4-3-5-11(6-10)16-7-12(15)13-8-14/h3-6,9H,7H2,1-2H3. The van der Waals surface area contributed by atoms with Crippen molar-refractivity contribution in [3.63, 3.8) is 0 Å². The van der Waals surface area contributed by atoms with Crippen LogP contribution in [0.5, 0.6) is 5.75 Å². The minimum absolute atomic E-state index is 0.239. The molecule has 0 aliphatic heterocycles. The van der Waals surface area contributed by atoms with E-state index in [0.29, 0.717) is 11.7 Å². The Hall–Kier alpha value is -1.93. The maximum Gasteiger partial charge on any atom is 0.294 e. The number of aliphatic imine (C=N–C) groups is 1. The number of ether oxygens (including phenoxy) is 1. The molecule has 0 atom stereocenters. The van der Waals surface area contributed by atoms with E-state index in [2.05, 4.69) is 18.8 Å². The Bertz CT molecular complexity index is 420. The molecule has 16 heavy (non-hydrogen) atoms. The zero-order chi connectivity index (χ0) is 12.0. The molecule has 1 aromatic rings. The van der Waals surface area contributed by atoms with Crippen molar-refractivity contribution >= 4 is 12.0 Å². The van der Waals surface area contributed by atoms with Crippen LogP contribution in [0.15, 0.2) is 29.3 Å². The molecule has 0 unspecified atom stereocenters. The van der Waals surface area contributed by atoms with Crippen molar-refractivity contribution in [3.05, 3.63) is 29.8 Å². The van der Waals surface area contributed by atoms with Gasteiger partial charge in [0.15, 0.2) is 6.61 Å². The molecule has 1 rings (SSSR count). The third-order valence-electron chi connectivity index (χ3n) is 2.06. The summed E-state index contributed by atoms with van der Waals surface area (Å²) in [6.07, 6.45) is 1.18. The molecule has 0 bridgehead atoms. The Morgan fingerprint density at radius 1 is 1.50 bits per heavy atom. The minimum Gasteiger partial charge on any atom is -0.484 e. The van der Waals surface area contributed by atoms with Gasteiger partial charge in [-0.15, -0.1) is 4.99 Å². The minimum atomic E-state index is -0.634. The number of nitrogens with zero attached hydrogens (tertiary/aromatic N) is 1. The Balaban J connectivity index is 2.64. The summed E-state index contributed by atoms with van der Waals surface area (Å²) in [7, 11) is 0. The number of benzene rings is 1. The second-order valence-corrected chi connectivity index (χ2v) is 3.61. The van der Waals surface area contributed by atoms with Crippen LogP contribution in [-0.4, -0.2) is 18.6 Å². The predicted molar refractivity (Wildman–Crippen MR) is 59.2 cm³/mol. The van der Waals surface area contributed by atoms with Crippen LogP contribution in [-0.2, 0) is 9.59 Å². The predicted octanol–water partition coefficient (Wildman–Crippen LogP) is 2.05. The monoisotopic (exact) mass is 219 g/mol. The highest BCUT2D eigenvalue weighted by Gasteiger charge is 2.03. The van der Waals surface area contributed by atoms with Gasteiger partial charge in [0, 0.05) is 0 Å². The summed E-state index contributed by atoms with van der Waals surface area (Å²) in [5, 5.41) is 0. The summed E-state index contributed by atoms with van der Waals surface area (Å²) in [5.41, 5.74) is 1.13. The Labute approximate surface area is 94.0 Å². The first-order valence-electron chi connectivity index (χ1n) is 4.97. The molecule has 4 nitrogen and oxygen atoms in total. The lowest BCUT2D eigenvalue weighted by Crippen LogP contribution is -2.08. The second-order valence-electron chi connectivity index (χ2n) is 3.61. The number of amides is 1. The molecule has 0 aliphatic carbocycles. The first-order valence-corrected chi connectivity index (χ1v) is 4.97. The van der Waals surface area contributed by atoms with Crippen LogP contribution in [0.1, 0.15) is 25.3 Å². The zero-order valence-corrected chi connectivity index (χ0v) is 9.27. The lowest BCUT2D eigenvalue weighted by molar-refractivity contribution is -0.119. The summed E-state index contributed by atoms with van der Waals surface area (Å²) >= 11 is 0. The lowest BCUT2D eigenvalue weighted by atomic mass is 10.0. The number of carbonyl (C=O) groups is 1. The van der Waals surface area contributed by atoms with Crippen molar-refractivity contribution in [1.29, 1.82) is 0 Å². The van der Waals surface area contributed by atoms with Gasteiger partial charge in [0.25, 0.3) is 5.91 Å². The van der Waals surface area contributed by atoms with Crippen LogP contribution in [0, 0.1) is 0 Å². The Morgan fingerprint density at radius 3 is 2.88 bits per heavy atom. The Morgan fingerprint density at radius 2 is 2.25 bits per heavy atom. The van der Waals surface area contributed by atoms with E-state index in [1.54, 1.807) is 6.07 Å². The van der Waals surface area contributed by atoms with Gasteiger partial charge in [-0.2, -0.15) is 0 Å². The molecule has 0 radical (unpaired) electrons. The highest BCUT2D eigenvalue weighted by atomic mass is 16.5. The van der Waals surface area contributed by atoms with Crippen LogP contribution in [0.25, 0.3) is 0 Å². The van der Waals surface area contributed by atoms with Gasteiger partial charge in [-0.1, -0.05) is 26.0 Å². The van der Waals surface area contributed by atoms with Crippen molar-refractivity contribution < 1.29 is 14.3 Å². The molecule has 0 saturated carbocycles. The molecule has 0 aromatic heterocycles. The lowest BCUT2D eigenvalue weighted by Gasteiger charge is -2.08. The largest absolute Gasteiger partial charge is 0.484 e. The average Bonchev–Trinajstić information content (AvgIpc) is 2.27. The van der Waals surface area contributed by atoms with Gasteiger partial charge < -0.3 is 4.74 Å². The topological polar surface area (TPSA) is 55.7 Å². The summed E-state index contributed by atoms with van der Waals surface area (Å²) in [5.74, 6) is 0.359. The van der Waals surface area contributed by atoms with E-state index >= 15 is 0 Å². The quantitative estimate of drug-likeness (QED) is 0.575. The van der Waals surface area contributed by atoms with Crippen molar-refractivity contribution in [2.75, 3.05) is 6.61 Å². The van der Waals surface area contributed by atoms with Crippen molar-refractivity contribution in [3.8, 4) is 5.75 Å². The SMILES string of the molecule is CC(C)c1cccc(OCC(=O)N=C=O)c1. The highest BCUT2D eigenvalue weighted by Crippen LogP contribution is 2.19. The van der Waals surface area contributed by atoms with Crippen LogP contribution in [0.2, 0.25) is 0 Å². The number of isocyanates is 1. The van der Waals surface area contributed by atoms with Crippen LogP contribution in [0.4, 0.5) is 0 Å². The molecular weight excluding hydrogens is 206 g/mol. The molecule has 0 heterocycles. The third kappa shape index (κ3) is 3.67. The molecular formula is C12H13NO3. The van der Waals surface area contributed by atoms with E-state index in [9.17, 15) is 9.59 Å². The van der Waals surface area contributed by atoms with E-state index in [4.69, 9.17) is 4.74 Å². The van der Waals surface area contributed by atoms with Crippen LogP contribution in [0.3, 0.4) is 0 Å². The molecule has 4 heteroatoms. The van der Waals surface area contributed by atoms with E-state index in [0.717, 1.165) is 5.56 Å². The van der Waals surface area contributed by atoms with Gasteiger partial charge in [-0.05, 0) is 23.6 Å². The number of rotatable bonds is 4. The average molecular weight is 219 g/mol. The fourth-order valence-corrected chi connectivity index (χ4v) is 1.19. The summed E-state index contributed by atoms with van der Waals surface area (Å²) in [6, 6.07) is 7.47. The fraction of sp³-hybridized carbons (Fsp3) is 0.333. The number of carbonyl (C=O) groups excluding carboxylic acids is 2. The molecule has 84 valence electrons. The van der Waals surface area contributed by atoms with Gasteiger partial charge in [0.1, 0.15) is 5.75 Å². The molecule has 0 fully saturated rings. The third-order valence-corrected chi connectivity index (χ3v) is 2.06. The molecule has 0 saturated heterocycles. The summed E-state index contributed by atoms with van der Waals surface area (Å²) < 4.78 is 5.19. The van der Waals surface area contributed by atoms with Crippen molar-refractivity contribution in [2.24, 2.45) is 4.99 Å². The zero-order valence-electron chi connectivity index (χ0n) is 9.27. The van der Waals surface area contributed by atoms with Gasteiger partial charge in [0.2, 0.25) is 6.08 Å². The van der Waals surface area contributed by atoms with Crippen molar-refractivity contribution in [2.45, 2.75) is 19.8 Å². The van der Waals surface area contributed by atoms with Crippen LogP contribution < -0.4 is 4.74 Å². The van der Waals surface area contributed by atoms with Gasteiger partial charge in [-0.3, -0.25) is 4.79 Å². The molecule has 0 spiro atoms. The van der Waals surface area contributed by atoms with E-state index < -0.39 is 5.91 Å². The summed E-state index contributed by atoms with van der Waals surface area (Å²) in [6.45, 7) is 3.90. The van der Waals surface area contributed by atoms with Crippen molar-refractivity contribution in [1.82, 2.24) is 0 Å². The van der Waals surface area contributed by atoms with E-state index in [1.165, 1.54) is 6.08 Å². The van der Waals surface area contributed by atoms with E-state index in [-0.39, 0.29) is 6.61 Å². The molecule has 0 N–H and O–H groups in total. The maximum atomic E-state index is 10.9. The smallest absolute Gasteiger partial charge is 0.294 e. The van der Waals surface area contributed by atoms with Gasteiger partial charge in [-0.25, -0.2) is 4.79 Å². The van der Waals surface area contributed by atoms with Crippen LogP contribution >= 0.6 is 0 Å². The molecule has 0 aliphatic rings. The Kier molecular flexibility index (Phi) is 4.42. The normalized spacial score (nSPS) is 9.69. The summed E-state index contributed by atoms with van der Waals surface area (Å²) in [4.78, 5) is 23.6. The highest BCUT2D eigenvalue weighted by molar-refractivity contribution is 5.82. The second kappa shape index (κ2) is 5.83. The van der Waals surface area contributed by atoms with E-state index in [1.807, 2.05) is 18.2 Å². The van der Waals surface area contributed by atoms with Gasteiger partial charge >= 0.3 is 0 Å². The molecule has 1 amide bonds.